The number of hydrogen-bond acceptors (Lipinski definition) is 3. The number of amides is 1. The zero-order chi connectivity index (χ0) is 11.4. The van der Waals surface area contributed by atoms with E-state index < -0.39 is 5.97 Å². The molecule has 1 rings (SSSR count). The van der Waals surface area contributed by atoms with Crippen LogP contribution in [0.25, 0.3) is 0 Å². The van der Waals surface area contributed by atoms with Gasteiger partial charge in [-0.25, -0.2) is 0 Å². The molecule has 5 heteroatoms. The highest BCUT2D eigenvalue weighted by Gasteiger charge is 2.23. The van der Waals surface area contributed by atoms with Gasteiger partial charge < -0.3 is 10.0 Å². The van der Waals surface area contributed by atoms with Gasteiger partial charge in [0.15, 0.2) is 0 Å². The lowest BCUT2D eigenvalue weighted by atomic mass is 10.2. The molecular weight excluding hydrogens is 196 g/mol. The topological polar surface area (TPSA) is 60.9 Å². The van der Waals surface area contributed by atoms with E-state index in [1.165, 1.54) is 0 Å². The SMILES string of the molecule is CC1CN(C)C(=O)CCN1CCC(=O)O. The molecule has 0 aromatic carbocycles. The number of nitrogens with zero attached hydrogens (tertiary/aromatic N) is 2. The van der Waals surface area contributed by atoms with Crippen LogP contribution in [0.1, 0.15) is 19.8 Å². The van der Waals surface area contributed by atoms with Crippen LogP contribution in [0, 0.1) is 0 Å². The molecule has 1 unspecified atom stereocenters. The van der Waals surface area contributed by atoms with Gasteiger partial charge in [0.25, 0.3) is 0 Å². The average molecular weight is 214 g/mol. The van der Waals surface area contributed by atoms with Gasteiger partial charge in [-0.3, -0.25) is 14.5 Å². The first-order valence-electron chi connectivity index (χ1n) is 5.20. The minimum Gasteiger partial charge on any atom is -0.481 e. The molecule has 86 valence electrons. The molecule has 5 nitrogen and oxygen atoms in total. The number of carbonyl (C=O) groups excluding carboxylic acids is 1. The van der Waals surface area contributed by atoms with Crippen LogP contribution in [0.2, 0.25) is 0 Å². The van der Waals surface area contributed by atoms with Crippen LogP contribution in [0.5, 0.6) is 0 Å². The Balaban J connectivity index is 2.50. The number of hydrogen-bond donors (Lipinski definition) is 1. The number of carbonyl (C=O) groups is 2. The quantitative estimate of drug-likeness (QED) is 0.719. The Morgan fingerprint density at radius 2 is 2.27 bits per heavy atom. The van der Waals surface area contributed by atoms with Crippen LogP contribution in [-0.4, -0.2) is 59.5 Å². The Morgan fingerprint density at radius 3 is 2.87 bits per heavy atom. The molecule has 0 aliphatic carbocycles. The highest BCUT2D eigenvalue weighted by molar-refractivity contribution is 5.76. The third-order valence-electron chi connectivity index (χ3n) is 2.81. The Kier molecular flexibility index (Phi) is 4.08. The van der Waals surface area contributed by atoms with Crippen molar-refractivity contribution in [2.24, 2.45) is 0 Å². The van der Waals surface area contributed by atoms with Gasteiger partial charge >= 0.3 is 5.97 Å². The van der Waals surface area contributed by atoms with E-state index in [1.807, 2.05) is 6.92 Å². The molecule has 1 aliphatic heterocycles. The van der Waals surface area contributed by atoms with Gasteiger partial charge in [0, 0.05) is 39.1 Å². The van der Waals surface area contributed by atoms with Crippen molar-refractivity contribution in [3.8, 4) is 0 Å². The van der Waals surface area contributed by atoms with Gasteiger partial charge in [0.2, 0.25) is 5.91 Å². The van der Waals surface area contributed by atoms with Gasteiger partial charge in [-0.15, -0.1) is 0 Å². The second kappa shape index (κ2) is 5.11. The van der Waals surface area contributed by atoms with Gasteiger partial charge in [-0.1, -0.05) is 0 Å². The minimum absolute atomic E-state index is 0.139. The van der Waals surface area contributed by atoms with Crippen LogP contribution in [-0.2, 0) is 9.59 Å². The number of carboxylic acid groups (broad SMARTS) is 1. The molecule has 1 fully saturated rings. The van der Waals surface area contributed by atoms with E-state index in [0.29, 0.717) is 26.1 Å². The zero-order valence-electron chi connectivity index (χ0n) is 9.27. The Bertz CT molecular complexity index is 253. The zero-order valence-corrected chi connectivity index (χ0v) is 9.27. The van der Waals surface area contributed by atoms with Crippen molar-refractivity contribution in [2.75, 3.05) is 26.7 Å². The van der Waals surface area contributed by atoms with Crippen molar-refractivity contribution >= 4 is 11.9 Å². The highest BCUT2D eigenvalue weighted by Crippen LogP contribution is 2.09. The molecule has 1 saturated heterocycles. The van der Waals surface area contributed by atoms with Crippen molar-refractivity contribution in [3.05, 3.63) is 0 Å². The predicted octanol–water partition coefficient (Wildman–Crippen LogP) is 0.0137. The Labute approximate surface area is 89.7 Å². The molecule has 1 aliphatic rings. The first kappa shape index (κ1) is 12.0. The minimum atomic E-state index is -0.786. The first-order valence-corrected chi connectivity index (χ1v) is 5.20. The summed E-state index contributed by atoms with van der Waals surface area (Å²) in [4.78, 5) is 25.7. The fourth-order valence-corrected chi connectivity index (χ4v) is 1.84. The summed E-state index contributed by atoms with van der Waals surface area (Å²) >= 11 is 0. The summed E-state index contributed by atoms with van der Waals surface area (Å²) in [5, 5.41) is 8.60. The summed E-state index contributed by atoms with van der Waals surface area (Å²) in [6.45, 7) is 3.89. The van der Waals surface area contributed by atoms with Crippen molar-refractivity contribution in [2.45, 2.75) is 25.8 Å². The predicted molar refractivity (Wildman–Crippen MR) is 55.5 cm³/mol. The molecule has 0 aromatic rings. The molecule has 0 aromatic heterocycles. The number of carboxylic acids is 1. The highest BCUT2D eigenvalue weighted by atomic mass is 16.4. The van der Waals surface area contributed by atoms with Crippen molar-refractivity contribution in [1.82, 2.24) is 9.80 Å². The van der Waals surface area contributed by atoms with Gasteiger partial charge in [0.05, 0.1) is 6.42 Å². The van der Waals surface area contributed by atoms with Crippen molar-refractivity contribution in [1.29, 1.82) is 0 Å². The summed E-state index contributed by atoms with van der Waals surface area (Å²) in [7, 11) is 1.79. The largest absolute Gasteiger partial charge is 0.481 e. The summed E-state index contributed by atoms with van der Waals surface area (Å²) in [5.41, 5.74) is 0. The Hall–Kier alpha value is -1.10. The fourth-order valence-electron chi connectivity index (χ4n) is 1.84. The fraction of sp³-hybridized carbons (Fsp3) is 0.800. The van der Waals surface area contributed by atoms with Crippen LogP contribution >= 0.6 is 0 Å². The molecule has 15 heavy (non-hydrogen) atoms. The molecule has 1 atom stereocenters. The van der Waals surface area contributed by atoms with Gasteiger partial charge in [-0.2, -0.15) is 0 Å². The number of rotatable bonds is 3. The summed E-state index contributed by atoms with van der Waals surface area (Å²) in [5.74, 6) is -0.647. The van der Waals surface area contributed by atoms with Crippen LogP contribution in [0.4, 0.5) is 0 Å². The summed E-state index contributed by atoms with van der Waals surface area (Å²) in [6.07, 6.45) is 0.628. The van der Waals surface area contributed by atoms with Crippen molar-refractivity contribution in [3.63, 3.8) is 0 Å². The summed E-state index contributed by atoms with van der Waals surface area (Å²) in [6, 6.07) is 0.237. The van der Waals surface area contributed by atoms with Crippen LogP contribution < -0.4 is 0 Å². The molecule has 1 heterocycles. The maximum absolute atomic E-state index is 11.4. The van der Waals surface area contributed by atoms with E-state index in [-0.39, 0.29) is 18.4 Å². The maximum Gasteiger partial charge on any atom is 0.304 e. The van der Waals surface area contributed by atoms with Crippen LogP contribution in [0.15, 0.2) is 0 Å². The lowest BCUT2D eigenvalue weighted by Gasteiger charge is -2.26. The number of aliphatic carboxylic acids is 1. The Morgan fingerprint density at radius 1 is 1.60 bits per heavy atom. The van der Waals surface area contributed by atoms with E-state index >= 15 is 0 Å². The lowest BCUT2D eigenvalue weighted by Crippen LogP contribution is -2.39. The second-order valence-corrected chi connectivity index (χ2v) is 4.05. The monoisotopic (exact) mass is 214 g/mol. The van der Waals surface area contributed by atoms with Gasteiger partial charge in [0.1, 0.15) is 0 Å². The molecule has 1 amide bonds. The standard InChI is InChI=1S/C10H18N2O3/c1-8-7-11(2)9(13)3-5-12(8)6-4-10(14)15/h8H,3-7H2,1-2H3,(H,14,15). The molecule has 0 saturated carbocycles. The van der Waals surface area contributed by atoms with E-state index in [2.05, 4.69) is 4.90 Å². The number of likely N-dealkylation sites (N-methyl/N-ethyl adjacent to an activating group) is 1. The summed E-state index contributed by atoms with van der Waals surface area (Å²) < 4.78 is 0. The molecule has 0 spiro atoms. The average Bonchev–Trinajstić information content (AvgIpc) is 2.26. The smallest absolute Gasteiger partial charge is 0.304 e. The second-order valence-electron chi connectivity index (χ2n) is 4.05. The molecule has 1 N–H and O–H groups in total. The maximum atomic E-state index is 11.4. The van der Waals surface area contributed by atoms with E-state index in [0.717, 1.165) is 0 Å². The van der Waals surface area contributed by atoms with E-state index in [4.69, 9.17) is 5.11 Å². The third kappa shape index (κ3) is 3.51. The lowest BCUT2D eigenvalue weighted by molar-refractivity contribution is -0.137. The molecule has 0 bridgehead atoms. The van der Waals surface area contributed by atoms with Crippen molar-refractivity contribution < 1.29 is 14.7 Å². The van der Waals surface area contributed by atoms with E-state index in [1.54, 1.807) is 11.9 Å². The third-order valence-corrected chi connectivity index (χ3v) is 2.81. The van der Waals surface area contributed by atoms with Gasteiger partial charge in [-0.05, 0) is 6.92 Å². The first-order chi connectivity index (χ1) is 7.00. The molecule has 0 radical (unpaired) electrons. The van der Waals surface area contributed by atoms with Crippen LogP contribution in [0.3, 0.4) is 0 Å². The normalized spacial score (nSPS) is 24.0. The van der Waals surface area contributed by atoms with E-state index in [9.17, 15) is 9.59 Å². The molecular formula is C10H18N2O3.